The maximum absolute atomic E-state index is 12.5. The number of hydrogen-bond acceptors (Lipinski definition) is 5. The molecule has 1 N–H and O–H groups in total. The average molecular weight is 381 g/mol. The Labute approximate surface area is 165 Å². The molecule has 2 saturated heterocycles. The second-order valence-corrected chi connectivity index (χ2v) is 7.54. The monoisotopic (exact) mass is 381 g/mol. The molecule has 2 amide bonds. The van der Waals surface area contributed by atoms with Crippen molar-refractivity contribution in [3.63, 3.8) is 0 Å². The SMILES string of the molecule is Cc1cccc(NC(=O)N2CCC(Oc3cc(N4CCCCC4)ncn3)C2)c1. The van der Waals surface area contributed by atoms with Crippen LogP contribution in [0.15, 0.2) is 36.7 Å². The van der Waals surface area contributed by atoms with Crippen LogP contribution in [0.1, 0.15) is 31.2 Å². The van der Waals surface area contributed by atoms with Crippen molar-refractivity contribution in [3.8, 4) is 5.88 Å². The molecular formula is C21H27N5O2. The topological polar surface area (TPSA) is 70.6 Å². The largest absolute Gasteiger partial charge is 0.472 e. The maximum Gasteiger partial charge on any atom is 0.321 e. The van der Waals surface area contributed by atoms with Gasteiger partial charge in [0, 0.05) is 37.8 Å². The highest BCUT2D eigenvalue weighted by Gasteiger charge is 2.28. The third-order valence-electron chi connectivity index (χ3n) is 5.30. The maximum atomic E-state index is 12.5. The van der Waals surface area contributed by atoms with Crippen LogP contribution in [-0.4, -0.2) is 53.2 Å². The summed E-state index contributed by atoms with van der Waals surface area (Å²) in [6.07, 6.45) is 6.00. The summed E-state index contributed by atoms with van der Waals surface area (Å²) in [6.45, 7) is 5.31. The third-order valence-corrected chi connectivity index (χ3v) is 5.30. The molecule has 1 aromatic carbocycles. The van der Waals surface area contributed by atoms with Crippen molar-refractivity contribution in [2.24, 2.45) is 0 Å². The van der Waals surface area contributed by atoms with Crippen LogP contribution in [0.2, 0.25) is 0 Å². The van der Waals surface area contributed by atoms with Crippen LogP contribution in [0.4, 0.5) is 16.3 Å². The van der Waals surface area contributed by atoms with Gasteiger partial charge in [-0.2, -0.15) is 0 Å². The van der Waals surface area contributed by atoms with Gasteiger partial charge in [-0.15, -0.1) is 0 Å². The highest BCUT2D eigenvalue weighted by molar-refractivity contribution is 5.89. The van der Waals surface area contributed by atoms with Crippen molar-refractivity contribution in [1.29, 1.82) is 0 Å². The molecule has 0 bridgehead atoms. The van der Waals surface area contributed by atoms with E-state index in [1.54, 1.807) is 11.2 Å². The number of likely N-dealkylation sites (tertiary alicyclic amines) is 1. The zero-order chi connectivity index (χ0) is 19.3. The number of aryl methyl sites for hydroxylation is 1. The molecule has 2 aliphatic heterocycles. The Balaban J connectivity index is 1.32. The summed E-state index contributed by atoms with van der Waals surface area (Å²) in [4.78, 5) is 25.3. The van der Waals surface area contributed by atoms with Crippen molar-refractivity contribution in [1.82, 2.24) is 14.9 Å². The zero-order valence-electron chi connectivity index (χ0n) is 16.3. The first-order chi connectivity index (χ1) is 13.7. The fourth-order valence-corrected chi connectivity index (χ4v) is 3.80. The van der Waals surface area contributed by atoms with Crippen molar-refractivity contribution in [2.45, 2.75) is 38.7 Å². The standard InChI is InChI=1S/C21H27N5O2/c1-16-6-5-7-17(12-16)24-21(27)26-11-8-18(14-26)28-20-13-19(22-15-23-20)25-9-3-2-4-10-25/h5-7,12-13,15,18H,2-4,8-11,14H2,1H3,(H,24,27). The second-order valence-electron chi connectivity index (χ2n) is 7.54. The predicted molar refractivity (Wildman–Crippen MR) is 109 cm³/mol. The summed E-state index contributed by atoms with van der Waals surface area (Å²) >= 11 is 0. The summed E-state index contributed by atoms with van der Waals surface area (Å²) in [5.41, 5.74) is 1.94. The highest BCUT2D eigenvalue weighted by atomic mass is 16.5. The molecular weight excluding hydrogens is 354 g/mol. The van der Waals surface area contributed by atoms with E-state index in [2.05, 4.69) is 20.2 Å². The summed E-state index contributed by atoms with van der Waals surface area (Å²) in [5.74, 6) is 1.51. The number of anilines is 2. The number of nitrogens with zero attached hydrogens (tertiary/aromatic N) is 4. The average Bonchev–Trinajstić information content (AvgIpc) is 3.18. The van der Waals surface area contributed by atoms with E-state index in [0.29, 0.717) is 19.0 Å². The van der Waals surface area contributed by atoms with E-state index in [4.69, 9.17) is 4.74 Å². The second kappa shape index (κ2) is 8.46. The van der Waals surface area contributed by atoms with Crippen LogP contribution >= 0.6 is 0 Å². The summed E-state index contributed by atoms with van der Waals surface area (Å²) < 4.78 is 6.06. The number of amides is 2. The Kier molecular flexibility index (Phi) is 5.60. The fourth-order valence-electron chi connectivity index (χ4n) is 3.80. The lowest BCUT2D eigenvalue weighted by molar-refractivity contribution is 0.189. The lowest BCUT2D eigenvalue weighted by Gasteiger charge is -2.27. The molecule has 148 valence electrons. The summed E-state index contributed by atoms with van der Waals surface area (Å²) in [6, 6.07) is 9.64. The quantitative estimate of drug-likeness (QED) is 0.878. The van der Waals surface area contributed by atoms with Crippen LogP contribution in [0.25, 0.3) is 0 Å². The van der Waals surface area contributed by atoms with Crippen LogP contribution in [0.5, 0.6) is 5.88 Å². The number of aromatic nitrogens is 2. The molecule has 1 unspecified atom stereocenters. The molecule has 0 spiro atoms. The van der Waals surface area contributed by atoms with Crippen molar-refractivity contribution >= 4 is 17.5 Å². The van der Waals surface area contributed by atoms with Gasteiger partial charge in [0.15, 0.2) is 0 Å². The molecule has 0 radical (unpaired) electrons. The Morgan fingerprint density at radius 2 is 2.00 bits per heavy atom. The number of ether oxygens (including phenoxy) is 1. The van der Waals surface area contributed by atoms with Crippen LogP contribution in [-0.2, 0) is 0 Å². The minimum absolute atomic E-state index is 0.0487. The number of hydrogen-bond donors (Lipinski definition) is 1. The number of carbonyl (C=O) groups excluding carboxylic acids is 1. The molecule has 1 aromatic heterocycles. The minimum Gasteiger partial charge on any atom is -0.472 e. The number of benzene rings is 1. The first-order valence-corrected chi connectivity index (χ1v) is 10.0. The minimum atomic E-state index is -0.0895. The van der Waals surface area contributed by atoms with Gasteiger partial charge < -0.3 is 19.9 Å². The zero-order valence-corrected chi connectivity index (χ0v) is 16.3. The van der Waals surface area contributed by atoms with E-state index in [9.17, 15) is 4.79 Å². The molecule has 1 atom stereocenters. The molecule has 2 aromatic rings. The molecule has 0 aliphatic carbocycles. The Hall–Kier alpha value is -2.83. The summed E-state index contributed by atoms with van der Waals surface area (Å²) in [5, 5.41) is 2.96. The molecule has 28 heavy (non-hydrogen) atoms. The molecule has 7 nitrogen and oxygen atoms in total. The number of rotatable bonds is 4. The van der Waals surface area contributed by atoms with E-state index < -0.39 is 0 Å². The molecule has 3 heterocycles. The third kappa shape index (κ3) is 4.52. The Morgan fingerprint density at radius 3 is 2.82 bits per heavy atom. The first-order valence-electron chi connectivity index (χ1n) is 10.0. The Bertz CT molecular complexity index is 822. The predicted octanol–water partition coefficient (Wildman–Crippen LogP) is 3.46. The smallest absolute Gasteiger partial charge is 0.321 e. The molecule has 7 heteroatoms. The number of nitrogens with one attached hydrogen (secondary N) is 1. The van der Waals surface area contributed by atoms with Gasteiger partial charge >= 0.3 is 6.03 Å². The Morgan fingerprint density at radius 1 is 1.14 bits per heavy atom. The van der Waals surface area contributed by atoms with E-state index in [1.807, 2.05) is 37.3 Å². The van der Waals surface area contributed by atoms with Crippen LogP contribution in [0.3, 0.4) is 0 Å². The van der Waals surface area contributed by atoms with Crippen LogP contribution in [0, 0.1) is 6.92 Å². The van der Waals surface area contributed by atoms with Gasteiger partial charge in [0.2, 0.25) is 5.88 Å². The van der Waals surface area contributed by atoms with Gasteiger partial charge in [0.25, 0.3) is 0 Å². The van der Waals surface area contributed by atoms with Gasteiger partial charge in [0.1, 0.15) is 18.2 Å². The summed E-state index contributed by atoms with van der Waals surface area (Å²) in [7, 11) is 0. The first kappa shape index (κ1) is 18.5. The van der Waals surface area contributed by atoms with E-state index in [0.717, 1.165) is 36.6 Å². The number of carbonyl (C=O) groups is 1. The van der Waals surface area contributed by atoms with E-state index in [-0.39, 0.29) is 12.1 Å². The fraction of sp³-hybridized carbons (Fsp3) is 0.476. The highest BCUT2D eigenvalue weighted by Crippen LogP contribution is 2.23. The normalized spacial score (nSPS) is 19.5. The van der Waals surface area contributed by atoms with E-state index >= 15 is 0 Å². The van der Waals surface area contributed by atoms with Gasteiger partial charge in [-0.1, -0.05) is 12.1 Å². The lowest BCUT2D eigenvalue weighted by atomic mass is 10.1. The van der Waals surface area contributed by atoms with Gasteiger partial charge in [0.05, 0.1) is 6.54 Å². The van der Waals surface area contributed by atoms with Gasteiger partial charge in [-0.25, -0.2) is 14.8 Å². The van der Waals surface area contributed by atoms with Crippen molar-refractivity contribution in [3.05, 3.63) is 42.2 Å². The molecule has 0 saturated carbocycles. The number of urea groups is 1. The van der Waals surface area contributed by atoms with Crippen molar-refractivity contribution < 1.29 is 9.53 Å². The van der Waals surface area contributed by atoms with E-state index in [1.165, 1.54) is 19.3 Å². The van der Waals surface area contributed by atoms with Gasteiger partial charge in [-0.3, -0.25) is 0 Å². The molecule has 2 fully saturated rings. The van der Waals surface area contributed by atoms with Crippen LogP contribution < -0.4 is 15.0 Å². The van der Waals surface area contributed by atoms with Gasteiger partial charge in [-0.05, 0) is 43.9 Å². The van der Waals surface area contributed by atoms with Crippen molar-refractivity contribution in [2.75, 3.05) is 36.4 Å². The lowest BCUT2D eigenvalue weighted by Crippen LogP contribution is -2.34. The molecule has 4 rings (SSSR count). The number of piperidine rings is 1. The molecule has 2 aliphatic rings.